The van der Waals surface area contributed by atoms with Crippen molar-refractivity contribution >= 4 is 0 Å². The van der Waals surface area contributed by atoms with Crippen LogP contribution in [0.1, 0.15) is 18.1 Å². The molecule has 1 aromatic rings. The molecule has 2 atom stereocenters. The lowest BCUT2D eigenvalue weighted by Gasteiger charge is -2.14. The number of aliphatic hydroxyl groups excluding tert-OH is 1. The number of aliphatic hydroxyl groups is 1. The molecule has 0 saturated heterocycles. The summed E-state index contributed by atoms with van der Waals surface area (Å²) in [6.07, 6.45) is 0.291. The standard InChI is InChI=1S/C11H17NO/c1-8-4-3-5-10(6-8)7-11(12)9(2)13/h3-6,9,11,13H,7,12H2,1-2H3/t9-,11+/m1/s1. The minimum Gasteiger partial charge on any atom is -0.392 e. The Morgan fingerprint density at radius 1 is 1.46 bits per heavy atom. The Bertz CT molecular complexity index is 271. The van der Waals surface area contributed by atoms with Crippen molar-refractivity contribution in [1.29, 1.82) is 0 Å². The molecule has 2 heteroatoms. The Kier molecular flexibility index (Phi) is 3.46. The van der Waals surface area contributed by atoms with Crippen molar-refractivity contribution in [3.05, 3.63) is 35.4 Å². The fourth-order valence-corrected chi connectivity index (χ4v) is 1.28. The highest BCUT2D eigenvalue weighted by Crippen LogP contribution is 2.07. The fraction of sp³-hybridized carbons (Fsp3) is 0.455. The number of rotatable bonds is 3. The summed E-state index contributed by atoms with van der Waals surface area (Å²) in [5, 5.41) is 9.23. The van der Waals surface area contributed by atoms with Crippen molar-refractivity contribution in [1.82, 2.24) is 0 Å². The lowest BCUT2D eigenvalue weighted by atomic mass is 10.0. The zero-order valence-electron chi connectivity index (χ0n) is 8.20. The van der Waals surface area contributed by atoms with Gasteiger partial charge in [-0.3, -0.25) is 0 Å². The molecule has 72 valence electrons. The zero-order chi connectivity index (χ0) is 9.84. The molecule has 0 spiro atoms. The van der Waals surface area contributed by atoms with E-state index in [9.17, 15) is 5.11 Å². The number of nitrogens with two attached hydrogens (primary N) is 1. The Morgan fingerprint density at radius 2 is 2.15 bits per heavy atom. The molecule has 0 fully saturated rings. The van der Waals surface area contributed by atoms with Crippen molar-refractivity contribution in [2.24, 2.45) is 5.73 Å². The van der Waals surface area contributed by atoms with E-state index in [1.165, 1.54) is 11.1 Å². The van der Waals surface area contributed by atoms with Crippen molar-refractivity contribution in [3.63, 3.8) is 0 Å². The van der Waals surface area contributed by atoms with Gasteiger partial charge >= 0.3 is 0 Å². The van der Waals surface area contributed by atoms with Gasteiger partial charge in [0.05, 0.1) is 6.10 Å². The van der Waals surface area contributed by atoms with E-state index in [0.717, 1.165) is 6.42 Å². The predicted octanol–water partition coefficient (Wildman–Crippen LogP) is 1.25. The average molecular weight is 179 g/mol. The molecule has 0 radical (unpaired) electrons. The van der Waals surface area contributed by atoms with Crippen LogP contribution in [-0.2, 0) is 6.42 Å². The third kappa shape index (κ3) is 3.17. The highest BCUT2D eigenvalue weighted by molar-refractivity contribution is 5.23. The van der Waals surface area contributed by atoms with Gasteiger partial charge in [0.1, 0.15) is 0 Å². The summed E-state index contributed by atoms with van der Waals surface area (Å²) in [4.78, 5) is 0. The van der Waals surface area contributed by atoms with E-state index >= 15 is 0 Å². The van der Waals surface area contributed by atoms with Gasteiger partial charge in [0, 0.05) is 6.04 Å². The third-order valence-electron chi connectivity index (χ3n) is 2.17. The van der Waals surface area contributed by atoms with Crippen LogP contribution in [0.2, 0.25) is 0 Å². The first-order valence-corrected chi connectivity index (χ1v) is 4.59. The molecule has 13 heavy (non-hydrogen) atoms. The van der Waals surface area contributed by atoms with E-state index < -0.39 is 6.10 Å². The Morgan fingerprint density at radius 3 is 2.69 bits per heavy atom. The summed E-state index contributed by atoms with van der Waals surface area (Å²) in [5.74, 6) is 0. The van der Waals surface area contributed by atoms with E-state index in [1.807, 2.05) is 12.1 Å². The van der Waals surface area contributed by atoms with E-state index in [0.29, 0.717) is 0 Å². The highest BCUT2D eigenvalue weighted by atomic mass is 16.3. The van der Waals surface area contributed by atoms with Crippen LogP contribution >= 0.6 is 0 Å². The second-order valence-electron chi connectivity index (χ2n) is 3.60. The number of hydrogen-bond acceptors (Lipinski definition) is 2. The van der Waals surface area contributed by atoms with Gasteiger partial charge < -0.3 is 10.8 Å². The van der Waals surface area contributed by atoms with Crippen molar-refractivity contribution in [3.8, 4) is 0 Å². The minimum absolute atomic E-state index is 0.165. The molecule has 1 rings (SSSR count). The van der Waals surface area contributed by atoms with Crippen molar-refractivity contribution in [2.45, 2.75) is 32.4 Å². The van der Waals surface area contributed by atoms with E-state index in [4.69, 9.17) is 5.73 Å². The van der Waals surface area contributed by atoms with Crippen LogP contribution in [-0.4, -0.2) is 17.3 Å². The van der Waals surface area contributed by atoms with Crippen LogP contribution in [0.15, 0.2) is 24.3 Å². The molecule has 0 aliphatic carbocycles. The van der Waals surface area contributed by atoms with Crippen LogP contribution in [0.5, 0.6) is 0 Å². The maximum absolute atomic E-state index is 9.23. The Labute approximate surface area is 79.4 Å². The molecule has 1 aromatic carbocycles. The van der Waals surface area contributed by atoms with Gasteiger partial charge in [0.15, 0.2) is 0 Å². The number of hydrogen-bond donors (Lipinski definition) is 2. The molecule has 0 bridgehead atoms. The summed E-state index contributed by atoms with van der Waals surface area (Å²) >= 11 is 0. The topological polar surface area (TPSA) is 46.2 Å². The smallest absolute Gasteiger partial charge is 0.0666 e. The third-order valence-corrected chi connectivity index (χ3v) is 2.17. The predicted molar refractivity (Wildman–Crippen MR) is 54.5 cm³/mol. The Balaban J connectivity index is 2.64. The van der Waals surface area contributed by atoms with Gasteiger partial charge in [-0.2, -0.15) is 0 Å². The van der Waals surface area contributed by atoms with E-state index in [-0.39, 0.29) is 6.04 Å². The molecule has 0 heterocycles. The normalized spacial score (nSPS) is 15.4. The first-order chi connectivity index (χ1) is 6.09. The lowest BCUT2D eigenvalue weighted by Crippen LogP contribution is -2.34. The molecule has 0 aliphatic rings. The number of benzene rings is 1. The van der Waals surface area contributed by atoms with Crippen LogP contribution in [0, 0.1) is 6.92 Å². The quantitative estimate of drug-likeness (QED) is 0.733. The van der Waals surface area contributed by atoms with Gasteiger partial charge in [-0.15, -0.1) is 0 Å². The van der Waals surface area contributed by atoms with Gasteiger partial charge in [-0.1, -0.05) is 29.8 Å². The second-order valence-corrected chi connectivity index (χ2v) is 3.60. The van der Waals surface area contributed by atoms with Crippen LogP contribution in [0.3, 0.4) is 0 Å². The fourth-order valence-electron chi connectivity index (χ4n) is 1.28. The summed E-state index contributed by atoms with van der Waals surface area (Å²) < 4.78 is 0. The van der Waals surface area contributed by atoms with Crippen LogP contribution in [0.25, 0.3) is 0 Å². The van der Waals surface area contributed by atoms with Gasteiger partial charge in [0.25, 0.3) is 0 Å². The van der Waals surface area contributed by atoms with E-state index in [1.54, 1.807) is 6.92 Å². The molecule has 0 amide bonds. The van der Waals surface area contributed by atoms with Gasteiger partial charge in [0.2, 0.25) is 0 Å². The SMILES string of the molecule is Cc1cccc(C[C@H](N)[C@@H](C)O)c1. The number of aryl methyl sites for hydroxylation is 1. The van der Waals surface area contributed by atoms with E-state index in [2.05, 4.69) is 19.1 Å². The zero-order valence-corrected chi connectivity index (χ0v) is 8.20. The molecular formula is C11H17NO. The molecule has 2 nitrogen and oxygen atoms in total. The molecule has 0 aromatic heterocycles. The van der Waals surface area contributed by atoms with Gasteiger partial charge in [-0.25, -0.2) is 0 Å². The van der Waals surface area contributed by atoms with Crippen molar-refractivity contribution < 1.29 is 5.11 Å². The molecular weight excluding hydrogens is 162 g/mol. The summed E-state index contributed by atoms with van der Waals surface area (Å²) in [7, 11) is 0. The van der Waals surface area contributed by atoms with Crippen molar-refractivity contribution in [2.75, 3.05) is 0 Å². The highest BCUT2D eigenvalue weighted by Gasteiger charge is 2.09. The first-order valence-electron chi connectivity index (χ1n) is 4.59. The van der Waals surface area contributed by atoms with Crippen LogP contribution < -0.4 is 5.73 Å². The maximum Gasteiger partial charge on any atom is 0.0666 e. The minimum atomic E-state index is -0.444. The molecule has 3 N–H and O–H groups in total. The Hall–Kier alpha value is -0.860. The first kappa shape index (κ1) is 10.2. The second kappa shape index (κ2) is 4.40. The largest absolute Gasteiger partial charge is 0.392 e. The average Bonchev–Trinajstić information content (AvgIpc) is 2.04. The summed E-state index contributed by atoms with van der Waals surface area (Å²) in [6, 6.07) is 8.04. The molecule has 0 saturated carbocycles. The summed E-state index contributed by atoms with van der Waals surface area (Å²) in [5.41, 5.74) is 8.17. The van der Waals surface area contributed by atoms with Crippen LogP contribution in [0.4, 0.5) is 0 Å². The maximum atomic E-state index is 9.23. The van der Waals surface area contributed by atoms with Gasteiger partial charge in [-0.05, 0) is 25.8 Å². The summed E-state index contributed by atoms with van der Waals surface area (Å²) in [6.45, 7) is 3.78. The molecule has 0 aliphatic heterocycles. The lowest BCUT2D eigenvalue weighted by molar-refractivity contribution is 0.163. The monoisotopic (exact) mass is 179 g/mol. The molecule has 0 unspecified atom stereocenters.